The number of aliphatic carboxylic acids is 1. The molecule has 3 aromatic rings. The second-order valence-corrected chi connectivity index (χ2v) is 6.56. The minimum Gasteiger partial charge on any atom is -0.479 e. The van der Waals surface area contributed by atoms with Crippen LogP contribution in [0.2, 0.25) is 5.02 Å². The summed E-state index contributed by atoms with van der Waals surface area (Å²) in [5.41, 5.74) is 2.98. The van der Waals surface area contributed by atoms with E-state index in [1.54, 1.807) is 28.8 Å². The van der Waals surface area contributed by atoms with E-state index in [1.807, 2.05) is 13.8 Å². The fraction of sp³-hybridized carbons (Fsp3) is 0.278. The molecule has 1 amide bonds. The number of nitrogens with zero attached hydrogens (tertiary/aromatic N) is 4. The average molecular weight is 388 g/mol. The number of aromatic nitrogens is 4. The normalized spacial score (nSPS) is 12.1. The van der Waals surface area contributed by atoms with Crippen LogP contribution in [0.4, 0.5) is 0 Å². The Morgan fingerprint density at radius 2 is 1.96 bits per heavy atom. The molecular formula is C18H18ClN5O3. The van der Waals surface area contributed by atoms with Crippen LogP contribution in [-0.2, 0) is 16.0 Å². The Balaban J connectivity index is 1.72. The number of hydrogen-bond donors (Lipinski definition) is 2. The average Bonchev–Trinajstić information content (AvgIpc) is 3.08. The molecule has 2 aromatic heterocycles. The summed E-state index contributed by atoms with van der Waals surface area (Å²) in [5, 5.41) is 16.6. The van der Waals surface area contributed by atoms with Gasteiger partial charge < -0.3 is 10.4 Å². The molecule has 0 aliphatic heterocycles. The molecule has 0 aliphatic carbocycles. The largest absolute Gasteiger partial charge is 0.479 e. The highest BCUT2D eigenvalue weighted by Gasteiger charge is 2.22. The zero-order chi connectivity index (χ0) is 19.6. The number of halogens is 1. The van der Waals surface area contributed by atoms with Gasteiger partial charge in [-0.1, -0.05) is 23.7 Å². The molecule has 0 saturated heterocycles. The van der Waals surface area contributed by atoms with Gasteiger partial charge in [0.25, 0.3) is 5.78 Å². The summed E-state index contributed by atoms with van der Waals surface area (Å²) >= 11 is 5.83. The lowest BCUT2D eigenvalue weighted by atomic mass is 10.0. The number of carbonyl (C=O) groups is 2. The van der Waals surface area contributed by atoms with Crippen LogP contribution in [0.5, 0.6) is 0 Å². The Labute approximate surface area is 160 Å². The monoisotopic (exact) mass is 387 g/mol. The SMILES string of the molecule is Cc1nc2ncnn2c(C)c1CCC(=O)NC(C(=O)O)c1ccc(Cl)cc1. The van der Waals surface area contributed by atoms with Crippen LogP contribution in [0.1, 0.15) is 35.0 Å². The molecule has 0 aliphatic rings. The van der Waals surface area contributed by atoms with E-state index in [0.29, 0.717) is 22.8 Å². The second kappa shape index (κ2) is 7.71. The highest BCUT2D eigenvalue weighted by Crippen LogP contribution is 2.18. The lowest BCUT2D eigenvalue weighted by Crippen LogP contribution is -2.34. The molecule has 0 bridgehead atoms. The molecule has 0 saturated carbocycles. The molecule has 2 N–H and O–H groups in total. The predicted molar refractivity (Wildman–Crippen MR) is 98.5 cm³/mol. The van der Waals surface area contributed by atoms with Crippen molar-refractivity contribution in [3.05, 3.63) is 58.1 Å². The van der Waals surface area contributed by atoms with Crippen molar-refractivity contribution in [2.24, 2.45) is 0 Å². The van der Waals surface area contributed by atoms with Gasteiger partial charge in [0.15, 0.2) is 6.04 Å². The fourth-order valence-electron chi connectivity index (χ4n) is 2.93. The zero-order valence-electron chi connectivity index (χ0n) is 14.8. The predicted octanol–water partition coefficient (Wildman–Crippen LogP) is 2.27. The van der Waals surface area contributed by atoms with E-state index in [1.165, 1.54) is 6.33 Å². The maximum atomic E-state index is 12.4. The number of hydrogen-bond acceptors (Lipinski definition) is 5. The minimum absolute atomic E-state index is 0.126. The standard InChI is InChI=1S/C18H18ClN5O3/c1-10-14(11(2)24-18(22-10)20-9-21-24)7-8-15(25)23-16(17(26)27)12-3-5-13(19)6-4-12/h3-6,9,16H,7-8H2,1-2H3,(H,23,25)(H,26,27). The molecule has 1 atom stereocenters. The van der Waals surface area contributed by atoms with Crippen LogP contribution >= 0.6 is 11.6 Å². The van der Waals surface area contributed by atoms with Crippen LogP contribution in [0.3, 0.4) is 0 Å². The van der Waals surface area contributed by atoms with Crippen molar-refractivity contribution in [1.82, 2.24) is 24.9 Å². The minimum atomic E-state index is -1.14. The highest BCUT2D eigenvalue weighted by molar-refractivity contribution is 6.30. The van der Waals surface area contributed by atoms with Crippen LogP contribution in [0.15, 0.2) is 30.6 Å². The summed E-state index contributed by atoms with van der Waals surface area (Å²) in [5.74, 6) is -0.995. The number of rotatable bonds is 6. The first-order chi connectivity index (χ1) is 12.9. The number of benzene rings is 1. The van der Waals surface area contributed by atoms with Crippen molar-refractivity contribution in [2.75, 3.05) is 0 Å². The van der Waals surface area contributed by atoms with E-state index >= 15 is 0 Å². The molecule has 9 heteroatoms. The Hall–Kier alpha value is -3.00. The maximum Gasteiger partial charge on any atom is 0.330 e. The van der Waals surface area contributed by atoms with Gasteiger partial charge in [-0.15, -0.1) is 0 Å². The van der Waals surface area contributed by atoms with Gasteiger partial charge in [-0.2, -0.15) is 10.1 Å². The van der Waals surface area contributed by atoms with Crippen LogP contribution in [0.25, 0.3) is 5.78 Å². The lowest BCUT2D eigenvalue weighted by molar-refractivity contribution is -0.142. The first kappa shape index (κ1) is 18.8. The van der Waals surface area contributed by atoms with E-state index < -0.39 is 12.0 Å². The molecule has 0 radical (unpaired) electrons. The number of aryl methyl sites for hydroxylation is 2. The number of fused-ring (bicyclic) bond motifs is 1. The first-order valence-corrected chi connectivity index (χ1v) is 8.68. The van der Waals surface area contributed by atoms with Gasteiger partial charge in [0.1, 0.15) is 6.33 Å². The van der Waals surface area contributed by atoms with Gasteiger partial charge in [0, 0.05) is 22.8 Å². The Morgan fingerprint density at radius 3 is 2.63 bits per heavy atom. The van der Waals surface area contributed by atoms with Crippen LogP contribution in [0, 0.1) is 13.8 Å². The zero-order valence-corrected chi connectivity index (χ0v) is 15.6. The van der Waals surface area contributed by atoms with Crippen molar-refractivity contribution < 1.29 is 14.7 Å². The fourth-order valence-corrected chi connectivity index (χ4v) is 3.06. The molecule has 1 aromatic carbocycles. The number of carbonyl (C=O) groups excluding carboxylic acids is 1. The van der Waals surface area contributed by atoms with Gasteiger partial charge in [-0.3, -0.25) is 4.79 Å². The van der Waals surface area contributed by atoms with Crippen molar-refractivity contribution in [3.8, 4) is 0 Å². The third kappa shape index (κ3) is 4.06. The third-order valence-corrected chi connectivity index (χ3v) is 4.60. The summed E-state index contributed by atoms with van der Waals surface area (Å²) in [6.07, 6.45) is 1.97. The van der Waals surface area contributed by atoms with Crippen molar-refractivity contribution in [1.29, 1.82) is 0 Å². The molecule has 3 rings (SSSR count). The number of carboxylic acids is 1. The molecule has 2 heterocycles. The molecule has 1 unspecified atom stereocenters. The maximum absolute atomic E-state index is 12.4. The van der Waals surface area contributed by atoms with E-state index in [9.17, 15) is 14.7 Å². The smallest absolute Gasteiger partial charge is 0.330 e. The van der Waals surface area contributed by atoms with Crippen LogP contribution < -0.4 is 5.32 Å². The van der Waals surface area contributed by atoms with Gasteiger partial charge >= 0.3 is 5.97 Å². The molecule has 8 nitrogen and oxygen atoms in total. The molecule has 0 spiro atoms. The van der Waals surface area contributed by atoms with Gasteiger partial charge in [0.2, 0.25) is 5.91 Å². The summed E-state index contributed by atoms with van der Waals surface area (Å²) in [4.78, 5) is 32.3. The second-order valence-electron chi connectivity index (χ2n) is 6.12. The molecule has 140 valence electrons. The third-order valence-electron chi connectivity index (χ3n) is 4.35. The quantitative estimate of drug-likeness (QED) is 0.671. The molecular weight excluding hydrogens is 370 g/mol. The highest BCUT2D eigenvalue weighted by atomic mass is 35.5. The van der Waals surface area contributed by atoms with Crippen molar-refractivity contribution in [2.45, 2.75) is 32.7 Å². The molecule has 0 fully saturated rings. The topological polar surface area (TPSA) is 109 Å². The van der Waals surface area contributed by atoms with E-state index in [2.05, 4.69) is 20.4 Å². The Morgan fingerprint density at radius 1 is 1.26 bits per heavy atom. The summed E-state index contributed by atoms with van der Waals surface area (Å²) in [6, 6.07) is 5.21. The summed E-state index contributed by atoms with van der Waals surface area (Å²) < 4.78 is 1.62. The number of carboxylic acid groups (broad SMARTS) is 1. The molecule has 27 heavy (non-hydrogen) atoms. The van der Waals surface area contributed by atoms with E-state index in [0.717, 1.165) is 17.0 Å². The van der Waals surface area contributed by atoms with E-state index in [-0.39, 0.29) is 12.3 Å². The van der Waals surface area contributed by atoms with Gasteiger partial charge in [-0.05, 0) is 43.5 Å². The van der Waals surface area contributed by atoms with E-state index in [4.69, 9.17) is 11.6 Å². The van der Waals surface area contributed by atoms with Gasteiger partial charge in [-0.25, -0.2) is 14.3 Å². The van der Waals surface area contributed by atoms with Gasteiger partial charge in [0.05, 0.1) is 0 Å². The Bertz CT molecular complexity index is 1000. The number of nitrogens with one attached hydrogen (secondary N) is 1. The van der Waals surface area contributed by atoms with Crippen molar-refractivity contribution >= 4 is 29.3 Å². The Kier molecular flexibility index (Phi) is 5.36. The summed E-state index contributed by atoms with van der Waals surface area (Å²) in [7, 11) is 0. The van der Waals surface area contributed by atoms with Crippen molar-refractivity contribution in [3.63, 3.8) is 0 Å². The lowest BCUT2D eigenvalue weighted by Gasteiger charge is -2.16. The number of amides is 1. The first-order valence-electron chi connectivity index (χ1n) is 8.30. The summed E-state index contributed by atoms with van der Waals surface area (Å²) in [6.45, 7) is 3.74. The van der Waals surface area contributed by atoms with Crippen LogP contribution in [-0.4, -0.2) is 36.6 Å².